The predicted octanol–water partition coefficient (Wildman–Crippen LogP) is 9.09. The first-order valence-corrected chi connectivity index (χ1v) is 15.2. The maximum absolute atomic E-state index is 6.88. The Hall–Kier alpha value is -0.725. The van der Waals surface area contributed by atoms with E-state index in [1.807, 2.05) is 0 Å². The molecule has 1 aliphatic heterocycles. The quantitative estimate of drug-likeness (QED) is 0.181. The number of ether oxygens (including phenoxy) is 1. The molecule has 0 aliphatic carbocycles. The van der Waals surface area contributed by atoms with Crippen molar-refractivity contribution in [2.75, 3.05) is 0 Å². The molecule has 35 heavy (non-hydrogen) atoms. The molecule has 198 valence electrons. The molecule has 1 aliphatic rings. The van der Waals surface area contributed by atoms with Crippen LogP contribution in [0.4, 0.5) is 0 Å². The zero-order valence-corrected chi connectivity index (χ0v) is 25.1. The maximum Gasteiger partial charge on any atom is 0.187 e. The third kappa shape index (κ3) is 8.96. The molecule has 0 spiro atoms. The number of benzene rings is 1. The van der Waals surface area contributed by atoms with Crippen LogP contribution in [0, 0.1) is 38.5 Å². The summed E-state index contributed by atoms with van der Waals surface area (Å²) in [6, 6.07) is 0. The highest BCUT2D eigenvalue weighted by Gasteiger charge is 2.37. The van der Waals surface area contributed by atoms with Gasteiger partial charge in [-0.05, 0) is 87.3 Å². The van der Waals surface area contributed by atoms with Crippen molar-refractivity contribution >= 4 is 16.9 Å². The van der Waals surface area contributed by atoms with E-state index in [4.69, 9.17) is 17.2 Å². The molecule has 1 N–H and O–H groups in total. The van der Waals surface area contributed by atoms with E-state index in [-0.39, 0.29) is 14.6 Å². The molecule has 0 fully saturated rings. The van der Waals surface area contributed by atoms with Crippen molar-refractivity contribution in [3.63, 3.8) is 0 Å². The molecule has 1 aromatic rings. The van der Waals surface area contributed by atoms with Crippen molar-refractivity contribution in [3.05, 3.63) is 22.3 Å². The van der Waals surface area contributed by atoms with E-state index >= 15 is 0 Å². The van der Waals surface area contributed by atoms with Gasteiger partial charge in [0.1, 0.15) is 26.1 Å². The van der Waals surface area contributed by atoms with Gasteiger partial charge in [-0.15, -0.1) is 0 Å². The second kappa shape index (κ2) is 14.9. The fourth-order valence-electron chi connectivity index (χ4n) is 5.80. The molecule has 1 heterocycles. The average Bonchev–Trinajstić information content (AvgIpc) is 2.82. The first-order valence-electron chi connectivity index (χ1n) is 14.3. The third-order valence-electron chi connectivity index (χ3n) is 8.52. The summed E-state index contributed by atoms with van der Waals surface area (Å²) in [5, 5.41) is 0. The molecule has 0 bridgehead atoms. The van der Waals surface area contributed by atoms with Crippen LogP contribution in [-0.2, 0) is 6.42 Å². The topological polar surface area (TPSA) is 30.5 Å². The summed E-state index contributed by atoms with van der Waals surface area (Å²) < 4.78 is 12.8. The number of hydrogen-bond donors (Lipinski definition) is 1. The highest BCUT2D eigenvalue weighted by Crippen LogP contribution is 2.46. The summed E-state index contributed by atoms with van der Waals surface area (Å²) >= 11 is 0. The van der Waals surface area contributed by atoms with Crippen LogP contribution in [0.25, 0.3) is 0 Å². The highest BCUT2D eigenvalue weighted by atomic mass is 31.1. The van der Waals surface area contributed by atoms with Crippen LogP contribution in [0.1, 0.15) is 128 Å². The van der Waals surface area contributed by atoms with Crippen LogP contribution in [0.5, 0.6) is 11.5 Å². The van der Waals surface area contributed by atoms with Gasteiger partial charge in [-0.1, -0.05) is 79.6 Å². The summed E-state index contributed by atoms with van der Waals surface area (Å²) in [7, 11) is 5.52. The van der Waals surface area contributed by atoms with Gasteiger partial charge in [-0.3, -0.25) is 0 Å². The molecule has 4 unspecified atom stereocenters. The highest BCUT2D eigenvalue weighted by molar-refractivity contribution is 7.32. The molecule has 3 nitrogen and oxygen atoms in total. The van der Waals surface area contributed by atoms with Gasteiger partial charge < -0.3 is 14.3 Å². The van der Waals surface area contributed by atoms with Crippen molar-refractivity contribution in [1.29, 1.82) is 0 Å². The standard InChI is InChI=1S/C30H53BNO2P/c1-9-30(19-12-17-23(5)16-11-15-22(4)14-10-13-21(2)3)20-18-27-26(8)28(34-35-32-31)24(6)25(7)29(27)33-30/h21-23,32,35H,9-20H2,1-8H3. The first kappa shape index (κ1) is 30.5. The lowest BCUT2D eigenvalue weighted by atomic mass is 9.81. The van der Waals surface area contributed by atoms with Crippen LogP contribution >= 0.6 is 8.96 Å². The van der Waals surface area contributed by atoms with Crippen LogP contribution in [0.15, 0.2) is 0 Å². The van der Waals surface area contributed by atoms with Crippen LogP contribution < -0.4 is 14.3 Å². The molecule has 5 heteroatoms. The lowest BCUT2D eigenvalue weighted by Crippen LogP contribution is -2.39. The molecular formula is C30H53BNO2P. The molecule has 2 rings (SSSR count). The number of rotatable bonds is 16. The molecule has 2 radical (unpaired) electrons. The lowest BCUT2D eigenvalue weighted by Gasteiger charge is -2.40. The van der Waals surface area contributed by atoms with E-state index in [2.05, 4.69) is 60.4 Å². The normalized spacial score (nSPS) is 19.7. The third-order valence-corrected chi connectivity index (χ3v) is 8.94. The first-order chi connectivity index (χ1) is 16.6. The summed E-state index contributed by atoms with van der Waals surface area (Å²) in [5.41, 5.74) is 4.90. The van der Waals surface area contributed by atoms with Crippen molar-refractivity contribution in [2.24, 2.45) is 17.8 Å². The van der Waals surface area contributed by atoms with E-state index in [9.17, 15) is 0 Å². The van der Waals surface area contributed by atoms with Gasteiger partial charge >= 0.3 is 0 Å². The second-order valence-electron chi connectivity index (χ2n) is 11.9. The zero-order chi connectivity index (χ0) is 26.0. The Labute approximate surface area is 220 Å². The van der Waals surface area contributed by atoms with Gasteiger partial charge in [0.2, 0.25) is 0 Å². The summed E-state index contributed by atoms with van der Waals surface area (Å²) in [5.74, 6) is 4.62. The minimum Gasteiger partial charge on any atom is -0.487 e. The second-order valence-corrected chi connectivity index (χ2v) is 12.6. The minimum absolute atomic E-state index is 0.0236. The van der Waals surface area contributed by atoms with Crippen LogP contribution in [0.2, 0.25) is 0 Å². The molecule has 0 aromatic heterocycles. The van der Waals surface area contributed by atoms with Gasteiger partial charge in [0, 0.05) is 5.56 Å². The molecular weight excluding hydrogens is 448 g/mol. The molecule has 0 saturated heterocycles. The van der Waals surface area contributed by atoms with Gasteiger partial charge in [-0.25, -0.2) is 0 Å². The van der Waals surface area contributed by atoms with Gasteiger partial charge in [-0.2, -0.15) is 0 Å². The Balaban J connectivity index is 1.86. The SMILES string of the molecule is [B]NPOc1c(C)c(C)c2c(c1C)CCC(CC)(CCCC(C)CCCC(C)CCCC(C)C)O2. The zero-order valence-electron chi connectivity index (χ0n) is 24.1. The Morgan fingerprint density at radius 1 is 0.914 bits per heavy atom. The van der Waals surface area contributed by atoms with E-state index in [1.54, 1.807) is 0 Å². The van der Waals surface area contributed by atoms with Crippen molar-refractivity contribution in [1.82, 2.24) is 5.00 Å². The molecule has 1 aromatic carbocycles. The average molecular weight is 502 g/mol. The molecule has 4 atom stereocenters. The smallest absolute Gasteiger partial charge is 0.187 e. The fourth-order valence-corrected chi connectivity index (χ4v) is 6.27. The maximum atomic E-state index is 6.88. The Morgan fingerprint density at radius 3 is 2.09 bits per heavy atom. The molecule has 0 saturated carbocycles. The number of fused-ring (bicyclic) bond motifs is 1. The van der Waals surface area contributed by atoms with Gasteiger partial charge in [0.05, 0.1) is 0 Å². The van der Waals surface area contributed by atoms with Gasteiger partial charge in [0.15, 0.2) is 7.98 Å². The predicted molar refractivity (Wildman–Crippen MR) is 155 cm³/mol. The van der Waals surface area contributed by atoms with Crippen molar-refractivity contribution in [2.45, 2.75) is 138 Å². The van der Waals surface area contributed by atoms with Crippen molar-refractivity contribution < 1.29 is 9.26 Å². The number of nitrogens with one attached hydrogen (secondary N) is 1. The Kier molecular flexibility index (Phi) is 13.0. The number of hydrogen-bond acceptors (Lipinski definition) is 3. The minimum atomic E-state index is -0.0236. The van der Waals surface area contributed by atoms with Crippen molar-refractivity contribution in [3.8, 4) is 11.5 Å². The lowest BCUT2D eigenvalue weighted by molar-refractivity contribution is 0.0291. The van der Waals surface area contributed by atoms with E-state index in [0.717, 1.165) is 54.9 Å². The van der Waals surface area contributed by atoms with E-state index in [0.29, 0.717) is 0 Å². The van der Waals surface area contributed by atoms with Gasteiger partial charge in [0.25, 0.3) is 0 Å². The summed E-state index contributed by atoms with van der Waals surface area (Å²) in [6.07, 6.45) is 15.3. The summed E-state index contributed by atoms with van der Waals surface area (Å²) in [4.78, 5) is 2.63. The molecule has 0 amide bonds. The van der Waals surface area contributed by atoms with E-state index in [1.165, 1.54) is 73.6 Å². The van der Waals surface area contributed by atoms with Crippen LogP contribution in [0.3, 0.4) is 0 Å². The Bertz CT molecular complexity index is 784. The summed E-state index contributed by atoms with van der Waals surface area (Å²) in [6.45, 7) is 18.4. The van der Waals surface area contributed by atoms with E-state index < -0.39 is 0 Å². The van der Waals surface area contributed by atoms with Crippen LogP contribution in [-0.4, -0.2) is 13.6 Å². The monoisotopic (exact) mass is 501 g/mol. The Morgan fingerprint density at radius 2 is 1.51 bits per heavy atom. The fraction of sp³-hybridized carbons (Fsp3) is 0.800. The largest absolute Gasteiger partial charge is 0.487 e.